The molecule has 0 atom stereocenters. The summed E-state index contributed by atoms with van der Waals surface area (Å²) in [5, 5.41) is 18.4. The minimum Gasteiger partial charge on any atom is -0.487 e. The van der Waals surface area contributed by atoms with Gasteiger partial charge in [-0.15, -0.1) is 0 Å². The standard InChI is InChI=1S/C10H21NOS.CH3NOS/c1-2-3-4-5-6-7-8-9-11-10(12)13;2-1(3)4/h2-9H2,1H3,(H2,11,12,13);(H3,2,3,4). The highest BCUT2D eigenvalue weighted by atomic mass is 32.1. The molecule has 17 heavy (non-hydrogen) atoms. The smallest absolute Gasteiger partial charge is 0.254 e. The largest absolute Gasteiger partial charge is 0.487 e. The Labute approximate surface area is 115 Å². The van der Waals surface area contributed by atoms with Crippen LogP contribution in [-0.2, 0) is 0 Å². The molecule has 6 heteroatoms. The first-order valence-corrected chi connectivity index (χ1v) is 6.77. The van der Waals surface area contributed by atoms with Crippen molar-refractivity contribution in [2.45, 2.75) is 51.9 Å². The summed E-state index contributed by atoms with van der Waals surface area (Å²) in [5.41, 5.74) is 4.40. The zero-order valence-corrected chi connectivity index (χ0v) is 12.1. The maximum absolute atomic E-state index is 8.65. The van der Waals surface area contributed by atoms with Gasteiger partial charge in [0, 0.05) is 6.54 Å². The summed E-state index contributed by atoms with van der Waals surface area (Å²) >= 11 is 8.35. The van der Waals surface area contributed by atoms with Gasteiger partial charge in [0.15, 0.2) is 0 Å². The maximum Gasteiger partial charge on any atom is 0.254 e. The third-order valence-electron chi connectivity index (χ3n) is 2.06. The van der Waals surface area contributed by atoms with Crippen molar-refractivity contribution in [2.24, 2.45) is 5.73 Å². The van der Waals surface area contributed by atoms with E-state index in [0.29, 0.717) is 0 Å². The molecule has 0 aromatic heterocycles. The lowest BCUT2D eigenvalue weighted by atomic mass is 10.1. The summed E-state index contributed by atoms with van der Waals surface area (Å²) in [4.78, 5) is 0. The van der Waals surface area contributed by atoms with Gasteiger partial charge in [-0.1, -0.05) is 45.4 Å². The Morgan fingerprint density at radius 1 is 1.00 bits per heavy atom. The summed E-state index contributed by atoms with van der Waals surface area (Å²) < 4.78 is 0. The van der Waals surface area contributed by atoms with Crippen LogP contribution in [0.4, 0.5) is 0 Å². The Bertz CT molecular complexity index is 198. The zero-order chi connectivity index (χ0) is 13.5. The number of unbranched alkanes of at least 4 members (excludes halogenated alkanes) is 6. The zero-order valence-electron chi connectivity index (χ0n) is 10.4. The van der Waals surface area contributed by atoms with Crippen molar-refractivity contribution in [3.8, 4) is 0 Å². The molecule has 0 heterocycles. The molecule has 0 aromatic rings. The number of hydrogen-bond acceptors (Lipinski definition) is 2. The molecule has 0 saturated carbocycles. The van der Waals surface area contributed by atoms with Gasteiger partial charge in [0.05, 0.1) is 0 Å². The highest BCUT2D eigenvalue weighted by molar-refractivity contribution is 7.80. The average molecular weight is 280 g/mol. The second kappa shape index (κ2) is 15.4. The van der Waals surface area contributed by atoms with Crippen LogP contribution < -0.4 is 11.1 Å². The lowest BCUT2D eigenvalue weighted by Gasteiger charge is -2.02. The lowest BCUT2D eigenvalue weighted by molar-refractivity contribution is 0.520. The molecule has 0 bridgehead atoms. The second-order valence-electron chi connectivity index (χ2n) is 3.69. The van der Waals surface area contributed by atoms with E-state index < -0.39 is 5.17 Å². The predicted molar refractivity (Wildman–Crippen MR) is 80.6 cm³/mol. The predicted octanol–water partition coefficient (Wildman–Crippen LogP) is 2.96. The quantitative estimate of drug-likeness (QED) is 0.404. The molecule has 0 radical (unpaired) electrons. The molecule has 0 amide bonds. The number of thiocarbonyl (C=S) groups is 2. The molecule has 0 fully saturated rings. The van der Waals surface area contributed by atoms with Crippen LogP contribution in [0.15, 0.2) is 0 Å². The topological polar surface area (TPSA) is 78.5 Å². The average Bonchev–Trinajstić information content (AvgIpc) is 2.21. The fraction of sp³-hybridized carbons (Fsp3) is 0.818. The van der Waals surface area contributed by atoms with Gasteiger partial charge >= 0.3 is 0 Å². The highest BCUT2D eigenvalue weighted by Gasteiger charge is 1.91. The van der Waals surface area contributed by atoms with Gasteiger partial charge in [-0.25, -0.2) is 0 Å². The summed E-state index contributed by atoms with van der Waals surface area (Å²) in [6.07, 6.45) is 9.02. The van der Waals surface area contributed by atoms with Gasteiger partial charge < -0.3 is 21.3 Å². The van der Waals surface area contributed by atoms with Crippen molar-refractivity contribution >= 4 is 34.8 Å². The van der Waals surface area contributed by atoms with Crippen LogP contribution in [0.2, 0.25) is 0 Å². The van der Waals surface area contributed by atoms with Crippen molar-refractivity contribution in [3.63, 3.8) is 0 Å². The second-order valence-corrected chi connectivity index (χ2v) is 4.50. The van der Waals surface area contributed by atoms with Crippen molar-refractivity contribution in [1.29, 1.82) is 0 Å². The van der Waals surface area contributed by atoms with Gasteiger partial charge in [0.2, 0.25) is 0 Å². The summed E-state index contributed by atoms with van der Waals surface area (Å²) in [6.45, 7) is 3.04. The van der Waals surface area contributed by atoms with E-state index in [4.69, 9.17) is 10.2 Å². The van der Waals surface area contributed by atoms with Gasteiger partial charge in [-0.3, -0.25) is 0 Å². The fourth-order valence-corrected chi connectivity index (χ4v) is 1.38. The number of nitrogens with two attached hydrogens (primary N) is 1. The van der Waals surface area contributed by atoms with Crippen LogP contribution in [0.1, 0.15) is 51.9 Å². The molecule has 0 spiro atoms. The van der Waals surface area contributed by atoms with E-state index in [1.54, 1.807) is 0 Å². The van der Waals surface area contributed by atoms with Crippen LogP contribution in [0.3, 0.4) is 0 Å². The minimum absolute atomic E-state index is 0.0778. The molecule has 0 aliphatic heterocycles. The number of rotatable bonds is 8. The van der Waals surface area contributed by atoms with Crippen LogP contribution in [-0.4, -0.2) is 27.1 Å². The van der Waals surface area contributed by atoms with Gasteiger partial charge in [0.25, 0.3) is 10.3 Å². The van der Waals surface area contributed by atoms with Crippen molar-refractivity contribution < 1.29 is 10.2 Å². The third kappa shape index (κ3) is 31.3. The van der Waals surface area contributed by atoms with Crippen LogP contribution in [0.25, 0.3) is 0 Å². The van der Waals surface area contributed by atoms with Gasteiger partial charge in [0.1, 0.15) is 0 Å². The number of hydrogen-bond donors (Lipinski definition) is 4. The molecule has 0 aliphatic carbocycles. The molecule has 0 saturated heterocycles. The third-order valence-corrected chi connectivity index (χ3v) is 2.20. The van der Waals surface area contributed by atoms with Crippen LogP contribution in [0, 0.1) is 0 Å². The molecule has 0 aliphatic rings. The van der Waals surface area contributed by atoms with Gasteiger partial charge in [-0.05, 0) is 30.9 Å². The Morgan fingerprint density at radius 3 is 1.82 bits per heavy atom. The monoisotopic (exact) mass is 280 g/mol. The lowest BCUT2D eigenvalue weighted by Crippen LogP contribution is -2.21. The molecule has 5 N–H and O–H groups in total. The van der Waals surface area contributed by atoms with Gasteiger partial charge in [-0.2, -0.15) is 0 Å². The molecule has 0 unspecified atom stereocenters. The van der Waals surface area contributed by atoms with E-state index >= 15 is 0 Å². The Kier molecular flexibility index (Phi) is 17.0. The Morgan fingerprint density at radius 2 is 1.41 bits per heavy atom. The number of aliphatic hydroxyl groups is 2. The SMILES string of the molecule is CCCCCCCCCNC(O)=S.NC(O)=S. The molecule has 102 valence electrons. The summed E-state index contributed by atoms with van der Waals surface area (Å²) in [5.74, 6) is 0. The van der Waals surface area contributed by atoms with Crippen LogP contribution >= 0.6 is 24.4 Å². The molecular weight excluding hydrogens is 256 g/mol. The summed E-state index contributed by atoms with van der Waals surface area (Å²) in [7, 11) is 0. The van der Waals surface area contributed by atoms with E-state index in [1.165, 1.54) is 38.5 Å². The first-order chi connectivity index (χ1) is 8.00. The first-order valence-electron chi connectivity index (χ1n) is 5.95. The van der Waals surface area contributed by atoms with E-state index in [2.05, 4.69) is 42.4 Å². The first kappa shape index (κ1) is 18.7. The van der Waals surface area contributed by atoms with E-state index in [0.717, 1.165) is 13.0 Å². The maximum atomic E-state index is 8.65. The van der Waals surface area contributed by atoms with Crippen molar-refractivity contribution in [1.82, 2.24) is 5.32 Å². The van der Waals surface area contributed by atoms with E-state index in [1.807, 2.05) is 0 Å². The molecule has 0 aromatic carbocycles. The van der Waals surface area contributed by atoms with E-state index in [-0.39, 0.29) is 5.17 Å². The Balaban J connectivity index is 0. The summed E-state index contributed by atoms with van der Waals surface area (Å²) in [6, 6.07) is 0. The highest BCUT2D eigenvalue weighted by Crippen LogP contribution is 2.06. The molecular formula is C11H24N2O2S2. The molecule has 0 rings (SSSR count). The fourth-order valence-electron chi connectivity index (χ4n) is 1.28. The van der Waals surface area contributed by atoms with Crippen LogP contribution in [0.5, 0.6) is 0 Å². The van der Waals surface area contributed by atoms with Crippen molar-refractivity contribution in [2.75, 3.05) is 6.54 Å². The van der Waals surface area contributed by atoms with Crippen molar-refractivity contribution in [3.05, 3.63) is 0 Å². The minimum atomic E-state index is -0.500. The normalized spacial score (nSPS) is 9.00. The number of aliphatic hydroxyl groups excluding tert-OH is 2. The number of nitrogens with one attached hydrogen (secondary N) is 1. The Hall–Kier alpha value is -0.620. The van der Waals surface area contributed by atoms with E-state index in [9.17, 15) is 0 Å². The molecule has 4 nitrogen and oxygen atoms in total.